The van der Waals surface area contributed by atoms with Crippen LogP contribution >= 0.6 is 11.3 Å². The molecule has 0 spiro atoms. The molecule has 0 saturated carbocycles. The van der Waals surface area contributed by atoms with E-state index in [1.807, 2.05) is 36.4 Å². The molecule has 0 atom stereocenters. The second kappa shape index (κ2) is 9.69. The summed E-state index contributed by atoms with van der Waals surface area (Å²) in [5, 5.41) is 7.81. The van der Waals surface area contributed by atoms with Gasteiger partial charge in [0.25, 0.3) is 5.91 Å². The molecule has 0 aliphatic rings. The molecule has 1 aromatic heterocycles. The second-order valence-electron chi connectivity index (χ2n) is 6.63. The average molecular weight is 430 g/mol. The molecule has 0 fully saturated rings. The molecule has 1 heterocycles. The van der Waals surface area contributed by atoms with Gasteiger partial charge in [0, 0.05) is 16.6 Å². The van der Waals surface area contributed by atoms with E-state index >= 15 is 0 Å². The fraction of sp³-hybridized carbons (Fsp3) is 0.0417. The normalized spacial score (nSPS) is 10.3. The van der Waals surface area contributed by atoms with E-state index in [1.54, 1.807) is 53.9 Å². The quantitative estimate of drug-likeness (QED) is 0.414. The van der Waals surface area contributed by atoms with Crippen LogP contribution in [0.2, 0.25) is 0 Å². The Kier molecular flexibility index (Phi) is 6.35. The maximum absolute atomic E-state index is 12.3. The predicted molar refractivity (Wildman–Crippen MR) is 122 cm³/mol. The molecule has 31 heavy (non-hydrogen) atoms. The zero-order valence-corrected chi connectivity index (χ0v) is 17.3. The van der Waals surface area contributed by atoms with E-state index in [0.29, 0.717) is 27.8 Å². The molecule has 0 bridgehead atoms. The molecule has 2 amide bonds. The number of hydrogen-bond donors (Lipinski definition) is 2. The summed E-state index contributed by atoms with van der Waals surface area (Å²) in [7, 11) is 0. The smallest absolute Gasteiger partial charge is 0.257 e. The highest BCUT2D eigenvalue weighted by molar-refractivity contribution is 7.14. The Labute approximate surface area is 183 Å². The van der Waals surface area contributed by atoms with Crippen molar-refractivity contribution >= 4 is 34.0 Å². The fourth-order valence-electron chi connectivity index (χ4n) is 2.81. The van der Waals surface area contributed by atoms with E-state index in [4.69, 9.17) is 4.74 Å². The van der Waals surface area contributed by atoms with Crippen LogP contribution in [0.15, 0.2) is 90.3 Å². The first kappa shape index (κ1) is 20.3. The number of carbonyl (C=O) groups is 2. The lowest BCUT2D eigenvalue weighted by atomic mass is 10.2. The third-order valence-electron chi connectivity index (χ3n) is 4.27. The van der Waals surface area contributed by atoms with Crippen LogP contribution in [0.3, 0.4) is 0 Å². The lowest BCUT2D eigenvalue weighted by Crippen LogP contribution is -2.15. The number of aromatic nitrogens is 1. The summed E-state index contributed by atoms with van der Waals surface area (Å²) in [4.78, 5) is 28.9. The maximum atomic E-state index is 12.3. The van der Waals surface area contributed by atoms with Gasteiger partial charge in [0.05, 0.1) is 12.1 Å². The molecular weight excluding hydrogens is 410 g/mol. The van der Waals surface area contributed by atoms with Crippen molar-refractivity contribution in [1.82, 2.24) is 4.98 Å². The Morgan fingerprint density at radius 2 is 1.45 bits per heavy atom. The minimum Gasteiger partial charge on any atom is -0.457 e. The van der Waals surface area contributed by atoms with Gasteiger partial charge in [-0.05, 0) is 48.5 Å². The van der Waals surface area contributed by atoms with E-state index in [-0.39, 0.29) is 18.2 Å². The van der Waals surface area contributed by atoms with Crippen LogP contribution in [0.25, 0.3) is 0 Å². The van der Waals surface area contributed by atoms with Crippen molar-refractivity contribution in [2.45, 2.75) is 6.42 Å². The van der Waals surface area contributed by atoms with Gasteiger partial charge in [0.1, 0.15) is 11.5 Å². The van der Waals surface area contributed by atoms with Gasteiger partial charge >= 0.3 is 0 Å². The number of carbonyl (C=O) groups excluding carboxylic acids is 2. The number of nitrogens with zero attached hydrogens (tertiary/aromatic N) is 1. The molecule has 0 unspecified atom stereocenters. The van der Waals surface area contributed by atoms with E-state index in [0.717, 1.165) is 5.75 Å². The molecule has 0 radical (unpaired) electrons. The maximum Gasteiger partial charge on any atom is 0.257 e. The molecule has 7 heteroatoms. The molecule has 3 aromatic carbocycles. The number of ether oxygens (including phenoxy) is 1. The number of rotatable bonds is 7. The Hall–Kier alpha value is -3.97. The van der Waals surface area contributed by atoms with Gasteiger partial charge in [0.2, 0.25) is 5.91 Å². The van der Waals surface area contributed by atoms with Crippen molar-refractivity contribution in [3.8, 4) is 11.5 Å². The lowest BCUT2D eigenvalue weighted by molar-refractivity contribution is -0.115. The van der Waals surface area contributed by atoms with Crippen LogP contribution in [0.1, 0.15) is 16.1 Å². The van der Waals surface area contributed by atoms with Gasteiger partial charge in [-0.15, -0.1) is 11.3 Å². The highest BCUT2D eigenvalue weighted by atomic mass is 32.1. The minimum absolute atomic E-state index is 0.111. The molecule has 4 rings (SSSR count). The van der Waals surface area contributed by atoms with Crippen molar-refractivity contribution in [3.05, 3.63) is 102 Å². The van der Waals surface area contributed by atoms with E-state index < -0.39 is 0 Å². The van der Waals surface area contributed by atoms with Gasteiger partial charge in [-0.1, -0.05) is 36.4 Å². The first-order valence-corrected chi connectivity index (χ1v) is 10.5. The Balaban J connectivity index is 1.29. The van der Waals surface area contributed by atoms with Gasteiger partial charge < -0.3 is 10.1 Å². The number of benzene rings is 3. The van der Waals surface area contributed by atoms with Gasteiger partial charge in [-0.25, -0.2) is 4.98 Å². The number of para-hydroxylation sites is 1. The zero-order chi connectivity index (χ0) is 21.5. The van der Waals surface area contributed by atoms with Crippen LogP contribution in [0.5, 0.6) is 11.5 Å². The zero-order valence-electron chi connectivity index (χ0n) is 16.4. The van der Waals surface area contributed by atoms with Gasteiger partial charge in [0.15, 0.2) is 5.13 Å². The molecule has 154 valence electrons. The predicted octanol–water partition coefficient (Wildman–Crippen LogP) is 5.37. The van der Waals surface area contributed by atoms with Crippen LogP contribution in [0.4, 0.5) is 10.8 Å². The molecular formula is C24H19N3O3S. The number of thiazole rings is 1. The van der Waals surface area contributed by atoms with Gasteiger partial charge in [-0.3, -0.25) is 14.9 Å². The van der Waals surface area contributed by atoms with Gasteiger partial charge in [-0.2, -0.15) is 0 Å². The largest absolute Gasteiger partial charge is 0.457 e. The molecule has 4 aromatic rings. The number of nitrogens with one attached hydrogen (secondary N) is 2. The monoisotopic (exact) mass is 429 g/mol. The van der Waals surface area contributed by atoms with Crippen molar-refractivity contribution in [1.29, 1.82) is 0 Å². The summed E-state index contributed by atoms with van der Waals surface area (Å²) >= 11 is 1.28. The van der Waals surface area contributed by atoms with Crippen molar-refractivity contribution in [2.75, 3.05) is 10.6 Å². The van der Waals surface area contributed by atoms with Crippen LogP contribution < -0.4 is 15.4 Å². The second-order valence-corrected chi connectivity index (χ2v) is 7.49. The lowest BCUT2D eigenvalue weighted by Gasteiger charge is -2.07. The van der Waals surface area contributed by atoms with E-state index in [9.17, 15) is 9.59 Å². The number of anilines is 2. The first-order chi connectivity index (χ1) is 15.2. The third-order valence-corrected chi connectivity index (χ3v) is 5.07. The van der Waals surface area contributed by atoms with Crippen LogP contribution in [0, 0.1) is 0 Å². The average Bonchev–Trinajstić information content (AvgIpc) is 3.23. The fourth-order valence-corrected chi connectivity index (χ4v) is 3.51. The molecule has 6 nitrogen and oxygen atoms in total. The summed E-state index contributed by atoms with van der Waals surface area (Å²) in [6, 6.07) is 25.5. The topological polar surface area (TPSA) is 80.3 Å². The molecule has 0 saturated heterocycles. The number of hydrogen-bond acceptors (Lipinski definition) is 5. The summed E-state index contributed by atoms with van der Waals surface area (Å²) < 4.78 is 5.74. The Morgan fingerprint density at radius 3 is 2.16 bits per heavy atom. The van der Waals surface area contributed by atoms with E-state index in [2.05, 4.69) is 15.6 Å². The van der Waals surface area contributed by atoms with Crippen molar-refractivity contribution < 1.29 is 14.3 Å². The standard InChI is InChI=1S/C24H19N3O3S/c28-22(25-18-11-13-21(14-12-18)30-20-9-5-2-6-10-20)15-19-16-31-24(26-19)27-23(29)17-7-3-1-4-8-17/h1-14,16H,15H2,(H,25,28)(H,26,27,29). The summed E-state index contributed by atoms with van der Waals surface area (Å²) in [5.41, 5.74) is 1.81. The molecule has 0 aliphatic heterocycles. The van der Waals surface area contributed by atoms with Crippen molar-refractivity contribution in [3.63, 3.8) is 0 Å². The molecule has 2 N–H and O–H groups in total. The highest BCUT2D eigenvalue weighted by Gasteiger charge is 2.11. The summed E-state index contributed by atoms with van der Waals surface area (Å²) in [6.07, 6.45) is 0.111. The summed E-state index contributed by atoms with van der Waals surface area (Å²) in [6.45, 7) is 0. The number of amides is 2. The summed E-state index contributed by atoms with van der Waals surface area (Å²) in [5.74, 6) is 1.01. The Bertz CT molecular complexity index is 1160. The van der Waals surface area contributed by atoms with E-state index in [1.165, 1.54) is 11.3 Å². The van der Waals surface area contributed by atoms with Crippen molar-refractivity contribution in [2.24, 2.45) is 0 Å². The van der Waals surface area contributed by atoms with Crippen LogP contribution in [-0.2, 0) is 11.2 Å². The first-order valence-electron chi connectivity index (χ1n) is 9.59. The SMILES string of the molecule is O=C(Cc1csc(NC(=O)c2ccccc2)n1)Nc1ccc(Oc2ccccc2)cc1. The molecule has 0 aliphatic carbocycles. The minimum atomic E-state index is -0.233. The van der Waals surface area contributed by atoms with Crippen LogP contribution in [-0.4, -0.2) is 16.8 Å². The third kappa shape index (κ3) is 5.77. The Morgan fingerprint density at radius 1 is 0.806 bits per heavy atom. The highest BCUT2D eigenvalue weighted by Crippen LogP contribution is 2.23.